The minimum Gasteiger partial charge on any atom is -0.494 e. The first-order valence-corrected chi connectivity index (χ1v) is 10.4. The van der Waals surface area contributed by atoms with E-state index < -0.39 is 6.10 Å². The van der Waals surface area contributed by atoms with Crippen molar-refractivity contribution in [3.63, 3.8) is 0 Å². The van der Waals surface area contributed by atoms with Gasteiger partial charge >= 0.3 is 0 Å². The average molecular weight is 360 g/mol. The van der Waals surface area contributed by atoms with E-state index in [2.05, 4.69) is 58.0 Å². The van der Waals surface area contributed by atoms with Crippen LogP contribution < -0.4 is 4.74 Å². The summed E-state index contributed by atoms with van der Waals surface area (Å²) in [5.74, 6) is 2.14. The predicted octanol–water partition coefficient (Wildman–Crippen LogP) is 7.32. The molecule has 1 radical (unpaired) electrons. The zero-order valence-corrected chi connectivity index (χ0v) is 17.6. The third-order valence-electron chi connectivity index (χ3n) is 5.00. The maximum absolute atomic E-state index is 11.4. The van der Waals surface area contributed by atoms with Crippen molar-refractivity contribution < 1.29 is 9.84 Å². The largest absolute Gasteiger partial charge is 0.494 e. The quantitative estimate of drug-likeness (QED) is 0.339. The van der Waals surface area contributed by atoms with E-state index in [1.807, 2.05) is 0 Å². The number of rotatable bonds is 13. The molecule has 0 saturated heterocycles. The number of allylic oxidation sites excluding steroid dienone is 2. The Kier molecular flexibility index (Phi) is 11.4. The third-order valence-corrected chi connectivity index (χ3v) is 5.00. The summed E-state index contributed by atoms with van der Waals surface area (Å²) in [4.78, 5) is 0. The van der Waals surface area contributed by atoms with E-state index >= 15 is 0 Å². The van der Waals surface area contributed by atoms with Crippen LogP contribution in [0.25, 0.3) is 0 Å². The van der Waals surface area contributed by atoms with Crippen molar-refractivity contribution in [1.29, 1.82) is 0 Å². The van der Waals surface area contributed by atoms with Gasteiger partial charge in [0.25, 0.3) is 0 Å². The maximum Gasteiger partial charge on any atom is 0.119 e. The van der Waals surface area contributed by atoms with Gasteiger partial charge in [0.15, 0.2) is 0 Å². The van der Waals surface area contributed by atoms with E-state index in [-0.39, 0.29) is 0 Å². The smallest absolute Gasteiger partial charge is 0.119 e. The second-order valence-electron chi connectivity index (χ2n) is 8.04. The molecule has 2 heteroatoms. The Labute approximate surface area is 161 Å². The maximum atomic E-state index is 11.4. The summed E-state index contributed by atoms with van der Waals surface area (Å²) >= 11 is 0. The highest BCUT2D eigenvalue weighted by atomic mass is 16.5. The molecule has 3 atom stereocenters. The molecule has 0 spiro atoms. The Balaban J connectivity index is 2.42. The number of hydrogen-bond acceptors (Lipinski definition) is 1. The summed E-state index contributed by atoms with van der Waals surface area (Å²) in [5, 5.41) is 11.4. The van der Waals surface area contributed by atoms with Crippen molar-refractivity contribution in [2.24, 2.45) is 5.92 Å². The van der Waals surface area contributed by atoms with E-state index in [1.165, 1.54) is 24.0 Å². The normalized spacial score (nSPS) is 14.5. The minimum atomic E-state index is -0.462. The molecule has 0 amide bonds. The van der Waals surface area contributed by atoms with Gasteiger partial charge in [0.2, 0.25) is 0 Å². The minimum absolute atomic E-state index is 0.462. The molecule has 1 rings (SSSR count). The molecule has 1 aromatic rings. The lowest BCUT2D eigenvalue weighted by Crippen LogP contribution is -2.06. The molecular formula is C24H39O2. The first-order valence-electron chi connectivity index (χ1n) is 10.4. The van der Waals surface area contributed by atoms with Crippen LogP contribution in [0.3, 0.4) is 0 Å². The Hall–Kier alpha value is -1.28. The molecule has 147 valence electrons. The molecule has 0 aliphatic rings. The third kappa shape index (κ3) is 10.0. The van der Waals surface area contributed by atoms with Crippen molar-refractivity contribution in [3.8, 4) is 5.75 Å². The lowest BCUT2D eigenvalue weighted by atomic mass is 9.89. The molecule has 0 fully saturated rings. The molecule has 2 nitrogen and oxygen atoms in total. The van der Waals surface area contributed by atoms with E-state index in [4.69, 9.17) is 4.74 Å². The van der Waals surface area contributed by atoms with E-state index in [0.717, 1.165) is 44.5 Å². The molecule has 0 heterocycles. The molecule has 0 saturated carbocycles. The average Bonchev–Trinajstić information content (AvgIpc) is 2.59. The topological polar surface area (TPSA) is 29.1 Å². The van der Waals surface area contributed by atoms with Crippen LogP contribution in [-0.4, -0.2) is 12.7 Å². The Morgan fingerprint density at radius 3 is 2.27 bits per heavy atom. The fourth-order valence-corrected chi connectivity index (χ4v) is 3.28. The van der Waals surface area contributed by atoms with Gasteiger partial charge in [0.1, 0.15) is 5.75 Å². The second-order valence-corrected chi connectivity index (χ2v) is 8.04. The van der Waals surface area contributed by atoms with Crippen molar-refractivity contribution in [2.75, 3.05) is 6.61 Å². The van der Waals surface area contributed by atoms with Gasteiger partial charge in [0, 0.05) is 0 Å². The standard InChI is InChI=1S/C24H39O2/c1-6-8-22(12-11-21(5)25)23-13-15-24(16-14-23)26-18-17-20(4)10-7-9-19(2)3/h9,13-16,20-22H,6-8,10-12,17-18H2,1-5H3/t20-,21?,22?/m0/s1. The van der Waals surface area contributed by atoms with Crippen molar-refractivity contribution in [3.05, 3.63) is 41.5 Å². The zero-order valence-electron chi connectivity index (χ0n) is 17.6. The SMILES string of the molecule is CCCC(CCC(C)[O])c1ccc(OCC[C@@H](C)CCC=C(C)C)cc1. The van der Waals surface area contributed by atoms with Gasteiger partial charge < -0.3 is 4.74 Å². The monoisotopic (exact) mass is 359 g/mol. The lowest BCUT2D eigenvalue weighted by Gasteiger charge is -2.18. The number of ether oxygens (including phenoxy) is 1. The van der Waals surface area contributed by atoms with Gasteiger partial charge in [-0.05, 0) is 88.8 Å². The van der Waals surface area contributed by atoms with Crippen LogP contribution >= 0.6 is 0 Å². The Morgan fingerprint density at radius 1 is 1.00 bits per heavy atom. The van der Waals surface area contributed by atoms with Crippen LogP contribution in [0.15, 0.2) is 35.9 Å². The van der Waals surface area contributed by atoms with Crippen LogP contribution in [-0.2, 0) is 5.11 Å². The molecule has 0 aliphatic carbocycles. The number of hydrogen-bond donors (Lipinski definition) is 0. The molecule has 2 unspecified atom stereocenters. The summed E-state index contributed by atoms with van der Waals surface area (Å²) in [6.07, 6.45) is 9.39. The van der Waals surface area contributed by atoms with Gasteiger partial charge in [-0.15, -0.1) is 0 Å². The molecule has 0 aromatic heterocycles. The predicted molar refractivity (Wildman–Crippen MR) is 111 cm³/mol. The van der Waals surface area contributed by atoms with Crippen molar-refractivity contribution in [2.45, 2.75) is 91.6 Å². The van der Waals surface area contributed by atoms with Crippen LogP contribution in [0.4, 0.5) is 0 Å². The van der Waals surface area contributed by atoms with Gasteiger partial charge in [-0.3, -0.25) is 0 Å². The zero-order chi connectivity index (χ0) is 19.4. The molecular weight excluding hydrogens is 320 g/mol. The van der Waals surface area contributed by atoms with Gasteiger partial charge in [-0.2, -0.15) is 0 Å². The highest BCUT2D eigenvalue weighted by Crippen LogP contribution is 2.28. The Morgan fingerprint density at radius 2 is 1.69 bits per heavy atom. The lowest BCUT2D eigenvalue weighted by molar-refractivity contribution is 0.0934. The summed E-state index contributed by atoms with van der Waals surface area (Å²) in [5.41, 5.74) is 2.74. The molecule has 26 heavy (non-hydrogen) atoms. The van der Waals surface area contributed by atoms with Crippen molar-refractivity contribution in [1.82, 2.24) is 0 Å². The van der Waals surface area contributed by atoms with Gasteiger partial charge in [-0.1, -0.05) is 44.1 Å². The van der Waals surface area contributed by atoms with Crippen LogP contribution in [0.5, 0.6) is 5.75 Å². The van der Waals surface area contributed by atoms with Gasteiger partial charge in [-0.25, -0.2) is 5.11 Å². The summed E-state index contributed by atoms with van der Waals surface area (Å²) in [6.45, 7) is 11.4. The van der Waals surface area contributed by atoms with Crippen LogP contribution in [0.1, 0.15) is 91.0 Å². The highest BCUT2D eigenvalue weighted by molar-refractivity contribution is 5.29. The fraction of sp³-hybridized carbons (Fsp3) is 0.667. The Bertz CT molecular complexity index is 497. The summed E-state index contributed by atoms with van der Waals surface area (Å²) < 4.78 is 5.93. The van der Waals surface area contributed by atoms with Crippen LogP contribution in [0.2, 0.25) is 0 Å². The second kappa shape index (κ2) is 13.0. The molecule has 0 aliphatic heterocycles. The van der Waals surface area contributed by atoms with E-state index in [1.54, 1.807) is 6.92 Å². The van der Waals surface area contributed by atoms with E-state index in [9.17, 15) is 5.11 Å². The van der Waals surface area contributed by atoms with E-state index in [0.29, 0.717) is 11.8 Å². The number of benzene rings is 1. The highest BCUT2D eigenvalue weighted by Gasteiger charge is 2.12. The first-order chi connectivity index (χ1) is 12.4. The molecule has 0 bridgehead atoms. The van der Waals surface area contributed by atoms with Crippen LogP contribution in [0, 0.1) is 5.92 Å². The summed E-state index contributed by atoms with van der Waals surface area (Å²) in [6, 6.07) is 8.55. The fourth-order valence-electron chi connectivity index (χ4n) is 3.28. The first kappa shape index (κ1) is 22.8. The van der Waals surface area contributed by atoms with Gasteiger partial charge in [0.05, 0.1) is 12.7 Å². The molecule has 0 N–H and O–H groups in total. The molecule has 1 aromatic carbocycles. The van der Waals surface area contributed by atoms with Crippen molar-refractivity contribution >= 4 is 0 Å². The summed E-state index contributed by atoms with van der Waals surface area (Å²) in [7, 11) is 0.